The number of nitrogens with one attached hydrogen (secondary N) is 1. The number of benzene rings is 2. The number of aryl methyl sites for hydroxylation is 1. The number of halogens is 1. The molecule has 0 amide bonds. The summed E-state index contributed by atoms with van der Waals surface area (Å²) in [4.78, 5) is 12.5. The molecule has 8 heteroatoms. The van der Waals surface area contributed by atoms with Gasteiger partial charge in [-0.2, -0.15) is 4.72 Å². The summed E-state index contributed by atoms with van der Waals surface area (Å²) < 4.78 is 38.2. The van der Waals surface area contributed by atoms with Crippen molar-refractivity contribution in [3.8, 4) is 5.75 Å². The van der Waals surface area contributed by atoms with Crippen LogP contribution in [0.25, 0.3) is 0 Å². The van der Waals surface area contributed by atoms with Gasteiger partial charge < -0.3 is 9.47 Å². The Balaban J connectivity index is 1.94. The summed E-state index contributed by atoms with van der Waals surface area (Å²) in [6, 6.07) is 12.3. The van der Waals surface area contributed by atoms with Gasteiger partial charge in [0.1, 0.15) is 25.0 Å². The van der Waals surface area contributed by atoms with E-state index in [0.29, 0.717) is 10.8 Å². The molecule has 1 N–H and O–H groups in total. The van der Waals surface area contributed by atoms with Crippen molar-refractivity contribution in [1.82, 2.24) is 4.72 Å². The lowest BCUT2D eigenvalue weighted by molar-refractivity contribution is -0.147. The minimum absolute atomic E-state index is 0.0282. The largest absolute Gasteiger partial charge is 0.488 e. The van der Waals surface area contributed by atoms with Gasteiger partial charge in [0.05, 0.1) is 9.92 Å². The van der Waals surface area contributed by atoms with E-state index in [1.54, 1.807) is 50.2 Å². The summed E-state index contributed by atoms with van der Waals surface area (Å²) in [5.41, 5.74) is 0.942. The van der Waals surface area contributed by atoms with E-state index in [1.165, 1.54) is 12.1 Å². The van der Waals surface area contributed by atoms with Crippen LogP contribution >= 0.6 is 11.6 Å². The van der Waals surface area contributed by atoms with Crippen molar-refractivity contribution in [2.75, 3.05) is 13.2 Å². The molecule has 6 nitrogen and oxygen atoms in total. The van der Waals surface area contributed by atoms with Gasteiger partial charge in [0.15, 0.2) is 0 Å². The Labute approximate surface area is 170 Å². The maximum Gasteiger partial charge on any atom is 0.324 e. The van der Waals surface area contributed by atoms with Crippen molar-refractivity contribution in [1.29, 1.82) is 0 Å². The third-order valence-corrected chi connectivity index (χ3v) is 5.73. The summed E-state index contributed by atoms with van der Waals surface area (Å²) in [7, 11) is -3.85. The highest BCUT2D eigenvalue weighted by Crippen LogP contribution is 2.22. The predicted octanol–water partition coefficient (Wildman–Crippen LogP) is 3.57. The van der Waals surface area contributed by atoms with E-state index in [2.05, 4.69) is 4.72 Å². The smallest absolute Gasteiger partial charge is 0.324 e. The van der Waals surface area contributed by atoms with Crippen molar-refractivity contribution < 1.29 is 22.7 Å². The fourth-order valence-electron chi connectivity index (χ4n) is 2.35. The van der Waals surface area contributed by atoms with Crippen LogP contribution in [0, 0.1) is 12.8 Å². The highest BCUT2D eigenvalue weighted by molar-refractivity contribution is 7.89. The molecule has 0 saturated heterocycles. The van der Waals surface area contributed by atoms with Crippen molar-refractivity contribution >= 4 is 27.6 Å². The molecule has 0 heterocycles. The summed E-state index contributed by atoms with van der Waals surface area (Å²) in [5, 5.41) is 0.458. The Hall–Kier alpha value is -2.09. The fraction of sp³-hybridized carbons (Fsp3) is 0.350. The molecule has 0 saturated carbocycles. The quantitative estimate of drug-likeness (QED) is 0.490. The standard InChI is InChI=1S/C20H24ClNO5S/c1-14(2)19(22-28(24,25)16-10-8-15(3)9-11-16)20(23)27-13-12-26-18-7-5-4-6-17(18)21/h4-11,14,19,22H,12-13H2,1-3H3/t19-/m0/s1. The molecular formula is C20H24ClNO5S. The Morgan fingerprint density at radius 3 is 2.32 bits per heavy atom. The lowest BCUT2D eigenvalue weighted by atomic mass is 10.1. The average molecular weight is 426 g/mol. The number of ether oxygens (including phenoxy) is 2. The first-order valence-electron chi connectivity index (χ1n) is 8.83. The van der Waals surface area contributed by atoms with E-state index >= 15 is 0 Å². The second-order valence-electron chi connectivity index (χ2n) is 6.60. The number of para-hydroxylation sites is 1. The van der Waals surface area contributed by atoms with E-state index < -0.39 is 22.0 Å². The minimum Gasteiger partial charge on any atom is -0.488 e. The average Bonchev–Trinajstić information content (AvgIpc) is 2.64. The summed E-state index contributed by atoms with van der Waals surface area (Å²) >= 11 is 5.99. The molecular weight excluding hydrogens is 402 g/mol. The molecule has 28 heavy (non-hydrogen) atoms. The Bertz CT molecular complexity index is 897. The van der Waals surface area contributed by atoms with E-state index in [1.807, 2.05) is 6.92 Å². The zero-order chi connectivity index (χ0) is 20.7. The van der Waals surface area contributed by atoms with E-state index in [0.717, 1.165) is 5.56 Å². The van der Waals surface area contributed by atoms with Gasteiger partial charge in [0.2, 0.25) is 10.0 Å². The summed E-state index contributed by atoms with van der Waals surface area (Å²) in [5.74, 6) is -0.466. The second kappa shape index (κ2) is 9.91. The SMILES string of the molecule is Cc1ccc(S(=O)(=O)N[C@H](C(=O)OCCOc2ccccc2Cl)C(C)C)cc1. The van der Waals surface area contributed by atoms with E-state index in [4.69, 9.17) is 21.1 Å². The van der Waals surface area contributed by atoms with Crippen LogP contribution in [0.15, 0.2) is 53.4 Å². The summed E-state index contributed by atoms with van der Waals surface area (Å²) in [6.07, 6.45) is 0. The van der Waals surface area contributed by atoms with Gasteiger partial charge >= 0.3 is 5.97 Å². The van der Waals surface area contributed by atoms with E-state index in [-0.39, 0.29) is 24.0 Å². The topological polar surface area (TPSA) is 81.7 Å². The zero-order valence-electron chi connectivity index (χ0n) is 16.0. The molecule has 2 aromatic carbocycles. The molecule has 152 valence electrons. The summed E-state index contributed by atoms with van der Waals surface area (Å²) in [6.45, 7) is 5.42. The molecule has 2 rings (SSSR count). The normalized spacial score (nSPS) is 12.6. The number of rotatable bonds is 9. The first kappa shape index (κ1) is 22.2. The van der Waals surface area contributed by atoms with Gasteiger partial charge in [-0.05, 0) is 37.1 Å². The van der Waals surface area contributed by atoms with Crippen LogP contribution in [0.4, 0.5) is 0 Å². The number of hydrogen-bond donors (Lipinski definition) is 1. The van der Waals surface area contributed by atoms with Crippen LogP contribution in [0.5, 0.6) is 5.75 Å². The lowest BCUT2D eigenvalue weighted by Crippen LogP contribution is -2.45. The van der Waals surface area contributed by atoms with Crippen LogP contribution in [0.1, 0.15) is 19.4 Å². The lowest BCUT2D eigenvalue weighted by Gasteiger charge is -2.21. The van der Waals surface area contributed by atoms with Crippen LogP contribution in [-0.4, -0.2) is 33.6 Å². The Morgan fingerprint density at radius 2 is 1.71 bits per heavy atom. The molecule has 0 aliphatic carbocycles. The van der Waals surface area contributed by atoms with Crippen LogP contribution in [0.2, 0.25) is 5.02 Å². The number of carbonyl (C=O) groups is 1. The molecule has 0 aromatic heterocycles. The number of carbonyl (C=O) groups excluding carboxylic acids is 1. The maximum atomic E-state index is 12.6. The van der Waals surface area contributed by atoms with Gasteiger partial charge in [-0.15, -0.1) is 0 Å². The van der Waals surface area contributed by atoms with Crippen LogP contribution in [-0.2, 0) is 19.6 Å². The van der Waals surface area contributed by atoms with Gasteiger partial charge in [0, 0.05) is 0 Å². The predicted molar refractivity (Wildman–Crippen MR) is 108 cm³/mol. The molecule has 0 spiro atoms. The van der Waals surface area contributed by atoms with Gasteiger partial charge in [-0.3, -0.25) is 4.79 Å². The molecule has 2 aromatic rings. The molecule has 0 bridgehead atoms. The van der Waals surface area contributed by atoms with Crippen molar-refractivity contribution in [3.63, 3.8) is 0 Å². The zero-order valence-corrected chi connectivity index (χ0v) is 17.6. The van der Waals surface area contributed by atoms with Gasteiger partial charge in [-0.1, -0.05) is 55.3 Å². The van der Waals surface area contributed by atoms with Crippen LogP contribution in [0.3, 0.4) is 0 Å². The Morgan fingerprint density at radius 1 is 1.07 bits per heavy atom. The maximum absolute atomic E-state index is 12.6. The van der Waals surface area contributed by atoms with Crippen molar-refractivity contribution in [3.05, 3.63) is 59.1 Å². The van der Waals surface area contributed by atoms with E-state index in [9.17, 15) is 13.2 Å². The first-order valence-corrected chi connectivity index (χ1v) is 10.7. The first-order chi connectivity index (χ1) is 13.2. The molecule has 0 radical (unpaired) electrons. The molecule has 0 aliphatic heterocycles. The fourth-order valence-corrected chi connectivity index (χ4v) is 3.88. The molecule has 0 fully saturated rings. The van der Waals surface area contributed by atoms with Gasteiger partial charge in [-0.25, -0.2) is 8.42 Å². The molecule has 0 aliphatic rings. The second-order valence-corrected chi connectivity index (χ2v) is 8.72. The van der Waals surface area contributed by atoms with Crippen molar-refractivity contribution in [2.45, 2.75) is 31.7 Å². The van der Waals surface area contributed by atoms with Crippen LogP contribution < -0.4 is 9.46 Å². The molecule has 1 atom stereocenters. The number of sulfonamides is 1. The highest BCUT2D eigenvalue weighted by atomic mass is 35.5. The minimum atomic E-state index is -3.85. The monoisotopic (exact) mass is 425 g/mol. The highest BCUT2D eigenvalue weighted by Gasteiger charge is 2.29. The third kappa shape index (κ3) is 6.22. The molecule has 0 unspecified atom stereocenters. The Kier molecular flexibility index (Phi) is 7.86. The third-order valence-electron chi connectivity index (χ3n) is 3.96. The number of esters is 1. The van der Waals surface area contributed by atoms with Crippen molar-refractivity contribution in [2.24, 2.45) is 5.92 Å². The van der Waals surface area contributed by atoms with Gasteiger partial charge in [0.25, 0.3) is 0 Å². The number of hydrogen-bond acceptors (Lipinski definition) is 5.